The summed E-state index contributed by atoms with van der Waals surface area (Å²) >= 11 is 6.00. The normalized spacial score (nSPS) is 12.8. The minimum atomic E-state index is -0.529. The highest BCUT2D eigenvalue weighted by atomic mass is 35.5. The molecule has 0 aliphatic rings. The lowest BCUT2D eigenvalue weighted by Crippen LogP contribution is -2.37. The number of rotatable bonds is 4. The van der Waals surface area contributed by atoms with E-state index in [9.17, 15) is 4.79 Å². The van der Waals surface area contributed by atoms with Crippen LogP contribution in [0.25, 0.3) is 0 Å². The largest absolute Gasteiger partial charge is 0.368 e. The number of halogens is 1. The van der Waals surface area contributed by atoms with E-state index >= 15 is 0 Å². The average molecular weight is 227 g/mol. The van der Waals surface area contributed by atoms with Crippen LogP contribution in [0.4, 0.5) is 0 Å². The lowest BCUT2D eigenvalue weighted by atomic mass is 10.1. The molecular weight excluding hydrogens is 212 g/mol. The monoisotopic (exact) mass is 226 g/mol. The molecule has 0 bridgehead atoms. The summed E-state index contributed by atoms with van der Waals surface area (Å²) in [6.45, 7) is 3.90. The number of carbonyl (C=O) groups is 1. The molecule has 0 saturated heterocycles. The molecule has 1 aromatic rings. The third-order valence-corrected chi connectivity index (χ3v) is 2.34. The second kappa shape index (κ2) is 5.14. The van der Waals surface area contributed by atoms with E-state index in [0.717, 1.165) is 5.56 Å². The molecule has 0 radical (unpaired) electrons. The van der Waals surface area contributed by atoms with Crippen LogP contribution in [0.15, 0.2) is 24.3 Å². The first-order valence-electron chi connectivity index (χ1n) is 4.82. The van der Waals surface area contributed by atoms with E-state index in [-0.39, 0.29) is 6.04 Å². The zero-order valence-corrected chi connectivity index (χ0v) is 9.58. The number of hydrogen-bond acceptors (Lipinski definition) is 2. The Bertz CT molecular complexity index is 352. The fraction of sp³-hybridized carbons (Fsp3) is 0.364. The minimum absolute atomic E-state index is 0.166. The lowest BCUT2D eigenvalue weighted by molar-refractivity contribution is -0.120. The third kappa shape index (κ3) is 3.22. The topological polar surface area (TPSA) is 55.1 Å². The maximum absolute atomic E-state index is 11.3. The van der Waals surface area contributed by atoms with Gasteiger partial charge < -0.3 is 5.73 Å². The highest BCUT2D eigenvalue weighted by molar-refractivity contribution is 6.31. The van der Waals surface area contributed by atoms with Crippen molar-refractivity contribution in [3.63, 3.8) is 0 Å². The molecule has 1 aromatic carbocycles. The number of nitrogens with two attached hydrogens (primary N) is 1. The van der Waals surface area contributed by atoms with Crippen LogP contribution < -0.4 is 11.1 Å². The first-order chi connectivity index (χ1) is 7.02. The van der Waals surface area contributed by atoms with Gasteiger partial charge in [-0.25, -0.2) is 0 Å². The Morgan fingerprint density at radius 1 is 1.40 bits per heavy atom. The molecule has 3 nitrogen and oxygen atoms in total. The Balaban J connectivity index is 2.99. The molecular formula is C11H15ClN2O. The molecule has 0 aromatic heterocycles. The maximum atomic E-state index is 11.3. The maximum Gasteiger partial charge on any atom is 0.239 e. The highest BCUT2D eigenvalue weighted by Gasteiger charge is 2.20. The van der Waals surface area contributed by atoms with E-state index in [1.165, 1.54) is 0 Å². The number of carbonyl (C=O) groups excluding carboxylic acids is 1. The van der Waals surface area contributed by atoms with Gasteiger partial charge in [-0.15, -0.1) is 0 Å². The molecule has 4 heteroatoms. The summed E-state index contributed by atoms with van der Waals surface area (Å²) in [6, 6.07) is 6.83. The van der Waals surface area contributed by atoms with Crippen molar-refractivity contribution in [1.29, 1.82) is 0 Å². The quantitative estimate of drug-likeness (QED) is 0.824. The molecule has 0 heterocycles. The first kappa shape index (κ1) is 12.0. The zero-order chi connectivity index (χ0) is 11.4. The van der Waals surface area contributed by atoms with Crippen molar-refractivity contribution in [3.05, 3.63) is 34.9 Å². The van der Waals surface area contributed by atoms with Crippen LogP contribution in [0, 0.1) is 0 Å². The van der Waals surface area contributed by atoms with E-state index in [0.29, 0.717) is 5.02 Å². The van der Waals surface area contributed by atoms with E-state index in [1.54, 1.807) is 12.1 Å². The number of hydrogen-bond donors (Lipinski definition) is 2. The molecule has 1 amide bonds. The molecule has 0 aliphatic carbocycles. The van der Waals surface area contributed by atoms with Crippen molar-refractivity contribution in [3.8, 4) is 0 Å². The van der Waals surface area contributed by atoms with Gasteiger partial charge in [0, 0.05) is 11.1 Å². The number of amides is 1. The van der Waals surface area contributed by atoms with Crippen LogP contribution in [0.2, 0.25) is 5.02 Å². The van der Waals surface area contributed by atoms with Gasteiger partial charge in [0.2, 0.25) is 5.91 Å². The van der Waals surface area contributed by atoms with Crippen molar-refractivity contribution in [1.82, 2.24) is 5.32 Å². The van der Waals surface area contributed by atoms with Gasteiger partial charge in [-0.05, 0) is 25.5 Å². The molecule has 82 valence electrons. The zero-order valence-electron chi connectivity index (χ0n) is 8.83. The summed E-state index contributed by atoms with van der Waals surface area (Å²) in [5.41, 5.74) is 6.05. The van der Waals surface area contributed by atoms with Crippen molar-refractivity contribution in [2.24, 2.45) is 5.73 Å². The number of primary amides is 1. The van der Waals surface area contributed by atoms with Crippen LogP contribution in [-0.2, 0) is 4.79 Å². The van der Waals surface area contributed by atoms with Crippen LogP contribution in [-0.4, -0.2) is 11.9 Å². The van der Waals surface area contributed by atoms with Crippen molar-refractivity contribution >= 4 is 17.5 Å². The van der Waals surface area contributed by atoms with Gasteiger partial charge >= 0.3 is 0 Å². The minimum Gasteiger partial charge on any atom is -0.368 e. The molecule has 0 spiro atoms. The van der Waals surface area contributed by atoms with Crippen molar-refractivity contribution in [2.75, 3.05) is 0 Å². The Kier molecular flexibility index (Phi) is 4.12. The second-order valence-corrected chi connectivity index (χ2v) is 4.09. The van der Waals surface area contributed by atoms with Gasteiger partial charge in [-0.1, -0.05) is 29.8 Å². The fourth-order valence-corrected chi connectivity index (χ4v) is 1.61. The molecule has 1 unspecified atom stereocenters. The molecule has 0 saturated carbocycles. The van der Waals surface area contributed by atoms with Gasteiger partial charge in [-0.2, -0.15) is 0 Å². The number of nitrogens with one attached hydrogen (secondary N) is 1. The van der Waals surface area contributed by atoms with E-state index < -0.39 is 11.9 Å². The van der Waals surface area contributed by atoms with Gasteiger partial charge in [0.1, 0.15) is 6.04 Å². The Morgan fingerprint density at radius 3 is 2.47 bits per heavy atom. The molecule has 1 rings (SSSR count). The number of benzene rings is 1. The van der Waals surface area contributed by atoms with Gasteiger partial charge in [-0.3, -0.25) is 10.1 Å². The molecule has 0 aliphatic heterocycles. The van der Waals surface area contributed by atoms with Crippen LogP contribution in [0.1, 0.15) is 25.5 Å². The van der Waals surface area contributed by atoms with E-state index in [1.807, 2.05) is 26.0 Å². The Labute approximate surface area is 94.6 Å². The predicted octanol–water partition coefficient (Wildman–Crippen LogP) is 1.86. The Morgan fingerprint density at radius 2 is 2.00 bits per heavy atom. The van der Waals surface area contributed by atoms with Crippen LogP contribution in [0.3, 0.4) is 0 Å². The molecule has 0 fully saturated rings. The smallest absolute Gasteiger partial charge is 0.239 e. The summed E-state index contributed by atoms with van der Waals surface area (Å²) in [7, 11) is 0. The predicted molar refractivity (Wildman–Crippen MR) is 61.7 cm³/mol. The second-order valence-electron chi connectivity index (χ2n) is 3.68. The SMILES string of the molecule is CC(C)NC(C(N)=O)c1ccccc1Cl. The van der Waals surface area contributed by atoms with Gasteiger partial charge in [0.05, 0.1) is 0 Å². The van der Waals surface area contributed by atoms with E-state index in [2.05, 4.69) is 5.32 Å². The van der Waals surface area contributed by atoms with Crippen LogP contribution >= 0.6 is 11.6 Å². The average Bonchev–Trinajstić information content (AvgIpc) is 2.15. The summed E-state index contributed by atoms with van der Waals surface area (Å²) in [6.07, 6.45) is 0. The summed E-state index contributed by atoms with van der Waals surface area (Å²) in [5, 5.41) is 3.63. The summed E-state index contributed by atoms with van der Waals surface area (Å²) < 4.78 is 0. The summed E-state index contributed by atoms with van der Waals surface area (Å²) in [5.74, 6) is -0.420. The highest BCUT2D eigenvalue weighted by Crippen LogP contribution is 2.22. The fourth-order valence-electron chi connectivity index (χ4n) is 1.37. The van der Waals surface area contributed by atoms with Crippen molar-refractivity contribution in [2.45, 2.75) is 25.9 Å². The third-order valence-electron chi connectivity index (χ3n) is 2.00. The Hall–Kier alpha value is -1.06. The lowest BCUT2D eigenvalue weighted by Gasteiger charge is -2.19. The molecule has 1 atom stereocenters. The molecule has 3 N–H and O–H groups in total. The van der Waals surface area contributed by atoms with Crippen molar-refractivity contribution < 1.29 is 4.79 Å². The van der Waals surface area contributed by atoms with E-state index in [4.69, 9.17) is 17.3 Å². The molecule has 15 heavy (non-hydrogen) atoms. The van der Waals surface area contributed by atoms with Gasteiger partial charge in [0.25, 0.3) is 0 Å². The van der Waals surface area contributed by atoms with Crippen LogP contribution in [0.5, 0.6) is 0 Å². The van der Waals surface area contributed by atoms with Gasteiger partial charge in [0.15, 0.2) is 0 Å². The first-order valence-corrected chi connectivity index (χ1v) is 5.20. The standard InChI is InChI=1S/C11H15ClN2O/c1-7(2)14-10(11(13)15)8-5-3-4-6-9(8)12/h3-7,10,14H,1-2H3,(H2,13,15). The summed E-state index contributed by atoms with van der Waals surface area (Å²) in [4.78, 5) is 11.3.